The number of aromatic amines is 1. The van der Waals surface area contributed by atoms with Gasteiger partial charge in [-0.3, -0.25) is 29.7 Å². The van der Waals surface area contributed by atoms with Gasteiger partial charge in [0.2, 0.25) is 11.8 Å². The van der Waals surface area contributed by atoms with E-state index < -0.39 is 41.1 Å². The average Bonchev–Trinajstić information content (AvgIpc) is 3.67. The van der Waals surface area contributed by atoms with Gasteiger partial charge in [-0.2, -0.15) is 5.10 Å². The number of fused-ring (bicyclic) bond motifs is 2. The van der Waals surface area contributed by atoms with Crippen LogP contribution in [-0.2, 0) is 16.1 Å². The molecular formula is C44H51F3N10O4. The van der Waals surface area contributed by atoms with Crippen molar-refractivity contribution in [1.29, 1.82) is 0 Å². The highest BCUT2D eigenvalue weighted by Crippen LogP contribution is 2.41. The zero-order chi connectivity index (χ0) is 42.0. The Labute approximate surface area is 351 Å². The van der Waals surface area contributed by atoms with Crippen LogP contribution in [0.5, 0.6) is 5.75 Å². The minimum atomic E-state index is -1.33. The molecule has 0 bridgehead atoms. The number of nitrogens with one attached hydrogen (secondary N) is 2. The number of aromatic nitrogens is 4. The number of anilines is 2. The SMILES string of the molecule is CC1(Oc2ccc3[nH]nc(-c4cc(N5CCC(CN6CCC(F)(CN7CCN(c8c(F)cc9c(c8F)CN(C8CCC(=O)NC8=O)C9=O)CC7)CC6)CC5)ncn4)c3c2)CC1. The van der Waals surface area contributed by atoms with Crippen LogP contribution >= 0.6 is 0 Å². The smallest absolute Gasteiger partial charge is 0.255 e. The topological polar surface area (TPSA) is 143 Å². The van der Waals surface area contributed by atoms with Gasteiger partial charge in [-0.05, 0) is 82.1 Å². The highest BCUT2D eigenvalue weighted by Gasteiger charge is 2.43. The molecule has 2 aromatic heterocycles. The maximum absolute atomic E-state index is 16.3. The summed E-state index contributed by atoms with van der Waals surface area (Å²) in [5.41, 5.74) is 0.822. The largest absolute Gasteiger partial charge is 0.488 e. The van der Waals surface area contributed by atoms with E-state index in [9.17, 15) is 14.4 Å². The number of carbonyl (C=O) groups excluding carboxylic acids is 3. The van der Waals surface area contributed by atoms with Crippen LogP contribution in [0.1, 0.15) is 74.2 Å². The summed E-state index contributed by atoms with van der Waals surface area (Å²) in [5, 5.41) is 10.9. The lowest BCUT2D eigenvalue weighted by atomic mass is 9.90. The number of benzene rings is 2. The Morgan fingerprint density at radius 2 is 1.64 bits per heavy atom. The predicted octanol–water partition coefficient (Wildman–Crippen LogP) is 4.83. The van der Waals surface area contributed by atoms with Crippen LogP contribution in [0, 0.1) is 17.6 Å². The monoisotopic (exact) mass is 840 g/mol. The van der Waals surface area contributed by atoms with Crippen LogP contribution in [0.4, 0.5) is 24.7 Å². The van der Waals surface area contributed by atoms with Crippen LogP contribution in [-0.4, -0.2) is 135 Å². The van der Waals surface area contributed by atoms with Gasteiger partial charge in [0.25, 0.3) is 5.91 Å². The molecule has 61 heavy (non-hydrogen) atoms. The lowest BCUT2D eigenvalue weighted by molar-refractivity contribution is -0.136. The minimum Gasteiger partial charge on any atom is -0.488 e. The van der Waals surface area contributed by atoms with Crippen molar-refractivity contribution in [3.63, 3.8) is 0 Å². The second-order valence-electron chi connectivity index (χ2n) is 18.2. The van der Waals surface area contributed by atoms with Gasteiger partial charge < -0.3 is 24.3 Å². The van der Waals surface area contributed by atoms with Crippen molar-refractivity contribution in [2.24, 2.45) is 5.92 Å². The third kappa shape index (κ3) is 7.90. The molecule has 5 fully saturated rings. The molecule has 1 atom stereocenters. The molecule has 3 amide bonds. The Kier molecular flexibility index (Phi) is 10.2. The number of hydrogen-bond donors (Lipinski definition) is 2. The van der Waals surface area contributed by atoms with E-state index in [-0.39, 0.29) is 48.3 Å². The van der Waals surface area contributed by atoms with E-state index in [2.05, 4.69) is 42.2 Å². The van der Waals surface area contributed by atoms with Crippen molar-refractivity contribution >= 4 is 40.1 Å². The maximum atomic E-state index is 16.3. The molecule has 14 nitrogen and oxygen atoms in total. The lowest BCUT2D eigenvalue weighted by Gasteiger charge is -2.43. The summed E-state index contributed by atoms with van der Waals surface area (Å²) in [6.07, 6.45) is 6.86. The zero-order valence-corrected chi connectivity index (χ0v) is 34.4. The summed E-state index contributed by atoms with van der Waals surface area (Å²) in [6.45, 7) is 7.84. The number of amides is 3. The number of H-pyrrole nitrogens is 1. The molecular weight excluding hydrogens is 790 g/mol. The van der Waals surface area contributed by atoms with Crippen LogP contribution < -0.4 is 19.9 Å². The quantitative estimate of drug-likeness (QED) is 0.212. The van der Waals surface area contributed by atoms with Crippen molar-refractivity contribution in [3.8, 4) is 17.1 Å². The number of halogens is 3. The van der Waals surface area contributed by atoms with Gasteiger partial charge in [0.15, 0.2) is 5.82 Å². The van der Waals surface area contributed by atoms with Gasteiger partial charge in [-0.1, -0.05) is 0 Å². The first-order valence-corrected chi connectivity index (χ1v) is 21.7. The first-order chi connectivity index (χ1) is 29.4. The first kappa shape index (κ1) is 39.8. The molecule has 0 radical (unpaired) electrons. The first-order valence-electron chi connectivity index (χ1n) is 21.7. The predicted molar refractivity (Wildman–Crippen MR) is 221 cm³/mol. The highest BCUT2D eigenvalue weighted by molar-refractivity contribution is 6.05. The molecule has 7 heterocycles. The second-order valence-corrected chi connectivity index (χ2v) is 18.2. The molecule has 10 rings (SSSR count). The zero-order valence-electron chi connectivity index (χ0n) is 34.4. The summed E-state index contributed by atoms with van der Waals surface area (Å²) in [5.74, 6) is -1.07. The number of rotatable bonds is 10. The molecule has 1 aliphatic carbocycles. The van der Waals surface area contributed by atoms with E-state index in [1.165, 1.54) is 4.90 Å². The van der Waals surface area contributed by atoms with Crippen molar-refractivity contribution in [3.05, 3.63) is 59.4 Å². The fraction of sp³-hybridized carbons (Fsp3) is 0.545. The van der Waals surface area contributed by atoms with Crippen LogP contribution in [0.25, 0.3) is 22.3 Å². The number of piperidine rings is 3. The Morgan fingerprint density at radius 3 is 2.38 bits per heavy atom. The molecule has 2 aromatic carbocycles. The maximum Gasteiger partial charge on any atom is 0.255 e. The average molecular weight is 841 g/mol. The Hall–Kier alpha value is -5.29. The van der Waals surface area contributed by atoms with E-state index in [0.717, 1.165) is 85.2 Å². The van der Waals surface area contributed by atoms with Crippen molar-refractivity contribution < 1.29 is 32.3 Å². The Morgan fingerprint density at radius 1 is 0.869 bits per heavy atom. The van der Waals surface area contributed by atoms with E-state index in [1.54, 1.807) is 11.2 Å². The number of hydrogen-bond acceptors (Lipinski definition) is 11. The molecule has 1 saturated carbocycles. The summed E-state index contributed by atoms with van der Waals surface area (Å²) in [7, 11) is 0. The van der Waals surface area contributed by atoms with E-state index in [1.807, 2.05) is 29.2 Å². The summed E-state index contributed by atoms with van der Waals surface area (Å²) in [6, 6.07) is 8.17. The van der Waals surface area contributed by atoms with Crippen LogP contribution in [0.2, 0.25) is 0 Å². The highest BCUT2D eigenvalue weighted by atomic mass is 19.1. The standard InChI is InChI=1S/C44H51F3N10O4/c1-43(8-9-43)61-28-2-3-33-30(20-28)39(52-51-33)34-22-36(49-26-48-34)55-12-6-27(7-13-55)23-53-14-10-44(47,11-15-53)25-54-16-18-56(19-17-54)40-32(45)21-29-31(38(40)46)24-57(42(29)60)35-4-5-37(58)50-41(35)59/h2-3,20-22,26-27,35H,4-19,23-25H2,1H3,(H,51,52)(H,50,58,59). The van der Waals surface area contributed by atoms with E-state index in [0.29, 0.717) is 58.0 Å². The fourth-order valence-electron chi connectivity index (χ4n) is 9.91. The lowest BCUT2D eigenvalue weighted by Crippen LogP contribution is -2.54. The molecule has 1 unspecified atom stereocenters. The van der Waals surface area contributed by atoms with Gasteiger partial charge in [-0.15, -0.1) is 0 Å². The van der Waals surface area contributed by atoms with Gasteiger partial charge in [-0.25, -0.2) is 23.1 Å². The molecule has 17 heteroatoms. The van der Waals surface area contributed by atoms with Gasteiger partial charge in [0, 0.05) is 88.9 Å². The molecule has 322 valence electrons. The van der Waals surface area contributed by atoms with E-state index in [4.69, 9.17) is 4.74 Å². The molecule has 2 N–H and O–H groups in total. The van der Waals surface area contributed by atoms with Gasteiger partial charge in [0.05, 0.1) is 23.3 Å². The van der Waals surface area contributed by atoms with Crippen molar-refractivity contribution in [2.45, 2.75) is 82.1 Å². The second kappa shape index (κ2) is 15.6. The van der Waals surface area contributed by atoms with Gasteiger partial charge in [0.1, 0.15) is 52.4 Å². The number of imide groups is 1. The number of alkyl halides is 1. The summed E-state index contributed by atoms with van der Waals surface area (Å²) < 4.78 is 54.0. The normalized spacial score (nSPS) is 23.4. The third-order valence-electron chi connectivity index (χ3n) is 13.9. The number of nitrogens with zero attached hydrogens (tertiary/aromatic N) is 8. The van der Waals surface area contributed by atoms with Gasteiger partial charge >= 0.3 is 0 Å². The fourth-order valence-corrected chi connectivity index (χ4v) is 9.91. The molecule has 4 aromatic rings. The van der Waals surface area contributed by atoms with Crippen LogP contribution in [0.3, 0.4) is 0 Å². The Balaban J connectivity index is 0.688. The van der Waals surface area contributed by atoms with Crippen LogP contribution in [0.15, 0.2) is 36.7 Å². The van der Waals surface area contributed by atoms with E-state index >= 15 is 13.2 Å². The number of ether oxygens (including phenoxy) is 1. The number of carbonyl (C=O) groups is 3. The van der Waals surface area contributed by atoms with Crippen molar-refractivity contribution in [1.82, 2.24) is 40.2 Å². The number of likely N-dealkylation sites (tertiary alicyclic amines) is 1. The number of piperazine rings is 1. The molecule has 6 aliphatic rings. The summed E-state index contributed by atoms with van der Waals surface area (Å²) in [4.78, 5) is 56.0. The van der Waals surface area contributed by atoms with Crippen molar-refractivity contribution in [2.75, 3.05) is 75.2 Å². The summed E-state index contributed by atoms with van der Waals surface area (Å²) >= 11 is 0. The molecule has 5 aliphatic heterocycles. The third-order valence-corrected chi connectivity index (χ3v) is 13.9. The molecule has 4 saturated heterocycles. The minimum absolute atomic E-state index is 0.0520. The Bertz CT molecular complexity index is 2370. The molecule has 0 spiro atoms.